The molecule has 0 amide bonds. The molecule has 0 spiro atoms. The number of carbonyl (C=O) groups is 1. The predicted octanol–water partition coefficient (Wildman–Crippen LogP) is 4.18. The molecule has 0 saturated carbocycles. The quantitative estimate of drug-likeness (QED) is 0.271. The van der Waals surface area contributed by atoms with Crippen molar-refractivity contribution in [2.75, 3.05) is 45.7 Å². The largest absolute Gasteiger partial charge is 0.456 e. The van der Waals surface area contributed by atoms with Crippen molar-refractivity contribution < 1.29 is 14.0 Å². The van der Waals surface area contributed by atoms with E-state index >= 15 is 0 Å². The fourth-order valence-electron chi connectivity index (χ4n) is 2.99. The standard InChI is InChI=1S/C25H32N3O2/c1-6-27(19-21-10-8-7-9-11-21)24-13-12-22(20(2)16-24)17-23(18-26)25(29)30-15-14-28(3,4)5/h7-13,16-17H,6,14-15,19H2,1-5H3/q+1/b23-17+. The summed E-state index contributed by atoms with van der Waals surface area (Å²) in [7, 11) is 6.07. The minimum absolute atomic E-state index is 0.0175. The smallest absolute Gasteiger partial charge is 0.349 e. The first-order chi connectivity index (χ1) is 14.2. The number of nitriles is 1. The van der Waals surface area contributed by atoms with Crippen LogP contribution in [0.5, 0.6) is 0 Å². The fourth-order valence-corrected chi connectivity index (χ4v) is 2.99. The molecule has 5 heteroatoms. The molecule has 0 unspecified atom stereocenters. The van der Waals surface area contributed by atoms with E-state index in [1.165, 1.54) is 5.56 Å². The highest BCUT2D eigenvalue weighted by Crippen LogP contribution is 2.23. The van der Waals surface area contributed by atoms with Gasteiger partial charge in [-0.1, -0.05) is 36.4 Å². The van der Waals surface area contributed by atoms with E-state index < -0.39 is 5.97 Å². The van der Waals surface area contributed by atoms with Crippen LogP contribution in [0.15, 0.2) is 54.1 Å². The molecule has 0 N–H and O–H groups in total. The van der Waals surface area contributed by atoms with Crippen molar-refractivity contribution in [1.82, 2.24) is 0 Å². The van der Waals surface area contributed by atoms with Gasteiger partial charge in [0.05, 0.1) is 21.1 Å². The Morgan fingerprint density at radius 1 is 1.17 bits per heavy atom. The van der Waals surface area contributed by atoms with Gasteiger partial charge in [-0.2, -0.15) is 5.26 Å². The molecule has 0 atom stereocenters. The summed E-state index contributed by atoms with van der Waals surface area (Å²) in [6.07, 6.45) is 1.61. The zero-order chi connectivity index (χ0) is 22.1. The number of quaternary nitrogens is 1. The maximum absolute atomic E-state index is 12.3. The Kier molecular flexibility index (Phi) is 8.20. The monoisotopic (exact) mass is 406 g/mol. The Morgan fingerprint density at radius 3 is 2.43 bits per heavy atom. The molecule has 2 aromatic carbocycles. The highest BCUT2D eigenvalue weighted by molar-refractivity contribution is 5.98. The van der Waals surface area contributed by atoms with Gasteiger partial charge in [-0.3, -0.25) is 0 Å². The van der Waals surface area contributed by atoms with Crippen molar-refractivity contribution >= 4 is 17.7 Å². The Labute approximate surface area is 180 Å². The molecule has 0 aliphatic rings. The van der Waals surface area contributed by atoms with E-state index in [0.717, 1.165) is 29.9 Å². The molecule has 2 rings (SSSR count). The van der Waals surface area contributed by atoms with E-state index in [-0.39, 0.29) is 12.2 Å². The number of anilines is 1. The van der Waals surface area contributed by atoms with Crippen LogP contribution in [0.4, 0.5) is 5.69 Å². The van der Waals surface area contributed by atoms with Crippen molar-refractivity contribution in [3.63, 3.8) is 0 Å². The van der Waals surface area contributed by atoms with Crippen LogP contribution in [0.3, 0.4) is 0 Å². The van der Waals surface area contributed by atoms with E-state index in [1.54, 1.807) is 6.08 Å². The van der Waals surface area contributed by atoms with Crippen molar-refractivity contribution in [3.05, 3.63) is 70.8 Å². The third-order valence-corrected chi connectivity index (χ3v) is 4.85. The van der Waals surface area contributed by atoms with Crippen LogP contribution >= 0.6 is 0 Å². The number of nitrogens with zero attached hydrogens (tertiary/aromatic N) is 3. The van der Waals surface area contributed by atoms with Gasteiger partial charge in [0.25, 0.3) is 0 Å². The van der Waals surface area contributed by atoms with Crippen LogP contribution in [0, 0.1) is 18.3 Å². The molecule has 0 heterocycles. The SMILES string of the molecule is CCN(Cc1ccccc1)c1ccc(/C=C(\C#N)C(=O)OCC[N+](C)(C)C)c(C)c1. The number of benzene rings is 2. The van der Waals surface area contributed by atoms with Crippen molar-refractivity contribution in [2.24, 2.45) is 0 Å². The molecule has 0 aromatic heterocycles. The second-order valence-corrected chi connectivity index (χ2v) is 8.36. The third-order valence-electron chi connectivity index (χ3n) is 4.85. The van der Waals surface area contributed by atoms with Crippen LogP contribution in [0.2, 0.25) is 0 Å². The third kappa shape index (κ3) is 7.06. The second-order valence-electron chi connectivity index (χ2n) is 8.36. The van der Waals surface area contributed by atoms with Crippen LogP contribution in [-0.4, -0.2) is 51.3 Å². The lowest BCUT2D eigenvalue weighted by atomic mass is 10.0. The average Bonchev–Trinajstić information content (AvgIpc) is 2.70. The van der Waals surface area contributed by atoms with Crippen LogP contribution < -0.4 is 4.90 Å². The molecule has 0 fully saturated rings. The number of hydrogen-bond donors (Lipinski definition) is 0. The summed E-state index contributed by atoms with van der Waals surface area (Å²) in [6, 6.07) is 18.4. The second kappa shape index (κ2) is 10.6. The molecule has 5 nitrogen and oxygen atoms in total. The van der Waals surface area contributed by atoms with E-state index in [9.17, 15) is 10.1 Å². The molecule has 2 aromatic rings. The highest BCUT2D eigenvalue weighted by atomic mass is 16.5. The van der Waals surface area contributed by atoms with Gasteiger partial charge in [-0.15, -0.1) is 0 Å². The van der Waals surface area contributed by atoms with Crippen LogP contribution in [0.25, 0.3) is 6.08 Å². The van der Waals surface area contributed by atoms with Gasteiger partial charge < -0.3 is 14.1 Å². The lowest BCUT2D eigenvalue weighted by molar-refractivity contribution is -0.870. The summed E-state index contributed by atoms with van der Waals surface area (Å²) in [6.45, 7) is 6.80. The van der Waals surface area contributed by atoms with Gasteiger partial charge in [0.2, 0.25) is 0 Å². The molecule has 30 heavy (non-hydrogen) atoms. The van der Waals surface area contributed by atoms with Gasteiger partial charge in [0, 0.05) is 18.8 Å². The van der Waals surface area contributed by atoms with Crippen LogP contribution in [-0.2, 0) is 16.1 Å². The molecule has 0 saturated heterocycles. The van der Waals surface area contributed by atoms with E-state index in [2.05, 4.69) is 30.0 Å². The minimum Gasteiger partial charge on any atom is -0.456 e. The van der Waals surface area contributed by atoms with Crippen LogP contribution in [0.1, 0.15) is 23.6 Å². The number of carbonyl (C=O) groups excluding carboxylic acids is 1. The molecule has 158 valence electrons. The lowest BCUT2D eigenvalue weighted by Crippen LogP contribution is -2.38. The minimum atomic E-state index is -0.575. The first-order valence-electron chi connectivity index (χ1n) is 10.2. The molecular formula is C25H32N3O2+. The van der Waals surface area contributed by atoms with Gasteiger partial charge in [-0.25, -0.2) is 4.79 Å². The summed E-state index contributed by atoms with van der Waals surface area (Å²) < 4.78 is 5.97. The molecule has 0 bridgehead atoms. The van der Waals surface area contributed by atoms with E-state index in [0.29, 0.717) is 11.0 Å². The predicted molar refractivity (Wildman–Crippen MR) is 122 cm³/mol. The number of ether oxygens (including phenoxy) is 1. The summed E-state index contributed by atoms with van der Waals surface area (Å²) in [5.41, 5.74) is 4.23. The average molecular weight is 407 g/mol. The fraction of sp³-hybridized carbons (Fsp3) is 0.360. The number of esters is 1. The first kappa shape index (κ1) is 23.2. The summed E-state index contributed by atoms with van der Waals surface area (Å²) >= 11 is 0. The normalized spacial score (nSPS) is 11.7. The zero-order valence-electron chi connectivity index (χ0n) is 18.7. The molecule has 0 aliphatic carbocycles. The number of hydrogen-bond acceptors (Lipinski definition) is 4. The molecule has 0 radical (unpaired) electrons. The van der Waals surface area contributed by atoms with Gasteiger partial charge in [-0.05, 0) is 48.7 Å². The van der Waals surface area contributed by atoms with Gasteiger partial charge in [0.15, 0.2) is 0 Å². The van der Waals surface area contributed by atoms with Crippen molar-refractivity contribution in [2.45, 2.75) is 20.4 Å². The maximum Gasteiger partial charge on any atom is 0.349 e. The van der Waals surface area contributed by atoms with E-state index in [4.69, 9.17) is 4.74 Å². The summed E-state index contributed by atoms with van der Waals surface area (Å²) in [5.74, 6) is -0.575. The zero-order valence-corrected chi connectivity index (χ0v) is 18.7. The highest BCUT2D eigenvalue weighted by Gasteiger charge is 2.15. The Hall–Kier alpha value is -3.10. The summed E-state index contributed by atoms with van der Waals surface area (Å²) in [4.78, 5) is 14.6. The summed E-state index contributed by atoms with van der Waals surface area (Å²) in [5, 5.41) is 9.42. The molecular weight excluding hydrogens is 374 g/mol. The van der Waals surface area contributed by atoms with E-state index in [1.807, 2.05) is 64.5 Å². The Bertz CT molecular complexity index is 922. The lowest BCUT2D eigenvalue weighted by Gasteiger charge is -2.24. The Balaban J connectivity index is 2.14. The Morgan fingerprint density at radius 2 is 1.87 bits per heavy atom. The molecule has 0 aliphatic heterocycles. The van der Waals surface area contributed by atoms with Crippen molar-refractivity contribution in [3.8, 4) is 6.07 Å². The van der Waals surface area contributed by atoms with Gasteiger partial charge in [0.1, 0.15) is 24.8 Å². The number of aryl methyl sites for hydroxylation is 1. The number of rotatable bonds is 9. The number of likely N-dealkylation sites (N-methyl/N-ethyl adjacent to an activating group) is 1. The maximum atomic E-state index is 12.3. The first-order valence-corrected chi connectivity index (χ1v) is 10.2. The van der Waals surface area contributed by atoms with Gasteiger partial charge >= 0.3 is 5.97 Å². The van der Waals surface area contributed by atoms with Crippen molar-refractivity contribution in [1.29, 1.82) is 5.26 Å². The topological polar surface area (TPSA) is 53.3 Å².